The minimum Gasteiger partial charge on any atom is -0.323 e. The van der Waals surface area contributed by atoms with Gasteiger partial charge in [-0.1, -0.05) is 32.4 Å². The summed E-state index contributed by atoms with van der Waals surface area (Å²) in [6.07, 6.45) is 2.59. The van der Waals surface area contributed by atoms with Crippen LogP contribution in [-0.2, 0) is 4.79 Å². The fourth-order valence-corrected chi connectivity index (χ4v) is 2.31. The van der Waals surface area contributed by atoms with Crippen molar-refractivity contribution < 1.29 is 4.79 Å². The van der Waals surface area contributed by atoms with Crippen LogP contribution in [0, 0.1) is 5.92 Å². The zero-order valence-corrected chi connectivity index (χ0v) is 13.1. The van der Waals surface area contributed by atoms with Crippen molar-refractivity contribution in [1.29, 1.82) is 0 Å². The van der Waals surface area contributed by atoms with E-state index in [9.17, 15) is 4.79 Å². The van der Waals surface area contributed by atoms with Crippen LogP contribution in [0.15, 0.2) is 34.9 Å². The molecule has 20 heavy (non-hydrogen) atoms. The summed E-state index contributed by atoms with van der Waals surface area (Å²) in [6.45, 7) is 4.00. The van der Waals surface area contributed by atoms with E-state index in [2.05, 4.69) is 26.2 Å². The minimum atomic E-state index is -0.509. The number of nitrogens with zero attached hydrogens (tertiary/aromatic N) is 1. The van der Waals surface area contributed by atoms with Crippen molar-refractivity contribution >= 4 is 38.4 Å². The van der Waals surface area contributed by atoms with Gasteiger partial charge in [0.2, 0.25) is 5.91 Å². The summed E-state index contributed by atoms with van der Waals surface area (Å²) in [6, 6.07) is 7.14. The first-order valence-corrected chi connectivity index (χ1v) is 7.43. The average molecular weight is 336 g/mol. The van der Waals surface area contributed by atoms with E-state index in [-0.39, 0.29) is 11.8 Å². The van der Waals surface area contributed by atoms with Gasteiger partial charge in [-0.2, -0.15) is 0 Å². The summed E-state index contributed by atoms with van der Waals surface area (Å²) in [5, 5.41) is 3.84. The van der Waals surface area contributed by atoms with Crippen LogP contribution in [0.3, 0.4) is 0 Å². The lowest BCUT2D eigenvalue weighted by Gasteiger charge is -2.18. The number of pyridine rings is 1. The molecular formula is C15H18BrN3O. The van der Waals surface area contributed by atoms with Gasteiger partial charge in [0.25, 0.3) is 0 Å². The molecule has 0 saturated heterocycles. The molecule has 2 atom stereocenters. The Morgan fingerprint density at radius 2 is 2.25 bits per heavy atom. The molecule has 106 valence electrons. The topological polar surface area (TPSA) is 68.0 Å². The van der Waals surface area contributed by atoms with Crippen LogP contribution in [0.25, 0.3) is 10.9 Å². The monoisotopic (exact) mass is 335 g/mol. The molecule has 0 aliphatic heterocycles. The first-order chi connectivity index (χ1) is 9.52. The molecule has 0 radical (unpaired) electrons. The van der Waals surface area contributed by atoms with Crippen LogP contribution >= 0.6 is 15.9 Å². The summed E-state index contributed by atoms with van der Waals surface area (Å²) in [5.41, 5.74) is 7.40. The average Bonchev–Trinajstić information content (AvgIpc) is 2.45. The number of hydrogen-bond donors (Lipinski definition) is 2. The quantitative estimate of drug-likeness (QED) is 0.900. The minimum absolute atomic E-state index is 0.145. The smallest absolute Gasteiger partial charge is 0.241 e. The molecule has 0 aliphatic carbocycles. The molecule has 0 saturated carbocycles. The Balaban J connectivity index is 2.28. The van der Waals surface area contributed by atoms with Crippen LogP contribution < -0.4 is 11.1 Å². The molecule has 4 nitrogen and oxygen atoms in total. The Morgan fingerprint density at radius 1 is 1.50 bits per heavy atom. The standard InChI is InChI=1S/C15H18BrN3O/c1-3-9(2)13(17)15(20)19-12-6-4-5-10-7-11(16)8-18-14(10)12/h4-9,13H,3,17H2,1-2H3,(H,19,20)/t9-,13-/m0/s1. The van der Waals surface area contributed by atoms with E-state index in [4.69, 9.17) is 5.73 Å². The van der Waals surface area contributed by atoms with Crippen molar-refractivity contribution in [3.63, 3.8) is 0 Å². The molecule has 1 amide bonds. The van der Waals surface area contributed by atoms with Gasteiger partial charge in [0.15, 0.2) is 0 Å². The van der Waals surface area contributed by atoms with Gasteiger partial charge in [-0.15, -0.1) is 0 Å². The number of carbonyl (C=O) groups excluding carboxylic acids is 1. The highest BCUT2D eigenvalue weighted by molar-refractivity contribution is 9.10. The van der Waals surface area contributed by atoms with Gasteiger partial charge < -0.3 is 11.1 Å². The number of nitrogens with two attached hydrogens (primary N) is 1. The van der Waals surface area contributed by atoms with Crippen LogP contribution in [0.2, 0.25) is 0 Å². The Hall–Kier alpha value is -1.46. The lowest BCUT2D eigenvalue weighted by atomic mass is 9.99. The molecule has 0 fully saturated rings. The van der Waals surface area contributed by atoms with Crippen molar-refractivity contribution in [2.24, 2.45) is 11.7 Å². The fraction of sp³-hybridized carbons (Fsp3) is 0.333. The molecule has 0 spiro atoms. The highest BCUT2D eigenvalue weighted by Gasteiger charge is 2.20. The zero-order chi connectivity index (χ0) is 14.7. The Labute approximate surface area is 126 Å². The molecule has 1 heterocycles. The summed E-state index contributed by atoms with van der Waals surface area (Å²) in [4.78, 5) is 16.5. The van der Waals surface area contributed by atoms with E-state index < -0.39 is 6.04 Å². The summed E-state index contributed by atoms with van der Waals surface area (Å²) < 4.78 is 0.907. The lowest BCUT2D eigenvalue weighted by Crippen LogP contribution is -2.40. The number of para-hydroxylation sites is 1. The number of halogens is 1. The highest BCUT2D eigenvalue weighted by Crippen LogP contribution is 2.24. The number of carbonyl (C=O) groups is 1. The van der Waals surface area contributed by atoms with Gasteiger partial charge in [-0.25, -0.2) is 0 Å². The van der Waals surface area contributed by atoms with Gasteiger partial charge >= 0.3 is 0 Å². The number of fused-ring (bicyclic) bond motifs is 1. The third-order valence-electron chi connectivity index (χ3n) is 3.50. The second kappa shape index (κ2) is 6.33. The Kier molecular flexibility index (Phi) is 4.73. The third-order valence-corrected chi connectivity index (χ3v) is 3.93. The second-order valence-corrected chi connectivity index (χ2v) is 5.85. The number of hydrogen-bond acceptors (Lipinski definition) is 3. The molecule has 2 rings (SSSR count). The Morgan fingerprint density at radius 3 is 2.95 bits per heavy atom. The number of aromatic nitrogens is 1. The van der Waals surface area contributed by atoms with E-state index in [1.807, 2.05) is 38.1 Å². The number of benzene rings is 1. The van der Waals surface area contributed by atoms with Gasteiger partial charge in [-0.05, 0) is 34.0 Å². The van der Waals surface area contributed by atoms with Crippen LogP contribution in [0.5, 0.6) is 0 Å². The van der Waals surface area contributed by atoms with E-state index in [0.717, 1.165) is 21.8 Å². The predicted octanol–water partition coefficient (Wildman–Crippen LogP) is 3.31. The normalized spacial score (nSPS) is 14.0. The molecule has 3 N–H and O–H groups in total. The van der Waals surface area contributed by atoms with Crippen molar-refractivity contribution in [3.8, 4) is 0 Å². The van der Waals surface area contributed by atoms with Crippen molar-refractivity contribution in [2.45, 2.75) is 26.3 Å². The van der Waals surface area contributed by atoms with Crippen molar-refractivity contribution in [3.05, 3.63) is 34.9 Å². The maximum Gasteiger partial charge on any atom is 0.241 e. The number of amides is 1. The van der Waals surface area contributed by atoms with Crippen molar-refractivity contribution in [1.82, 2.24) is 4.98 Å². The summed E-state index contributed by atoms with van der Waals surface area (Å²) >= 11 is 3.39. The maximum atomic E-state index is 12.2. The van der Waals surface area contributed by atoms with Gasteiger partial charge in [0, 0.05) is 16.1 Å². The zero-order valence-electron chi connectivity index (χ0n) is 11.6. The van der Waals surface area contributed by atoms with Crippen LogP contribution in [0.1, 0.15) is 20.3 Å². The van der Waals surface area contributed by atoms with E-state index in [1.54, 1.807) is 6.20 Å². The Bertz CT molecular complexity index is 630. The molecular weight excluding hydrogens is 318 g/mol. The number of anilines is 1. The van der Waals surface area contributed by atoms with E-state index in [0.29, 0.717) is 5.69 Å². The second-order valence-electron chi connectivity index (χ2n) is 4.93. The lowest BCUT2D eigenvalue weighted by molar-refractivity contribution is -0.118. The van der Waals surface area contributed by atoms with E-state index >= 15 is 0 Å². The largest absolute Gasteiger partial charge is 0.323 e. The SMILES string of the molecule is CC[C@H](C)[C@H](N)C(=O)Nc1cccc2cc(Br)cnc12. The third kappa shape index (κ3) is 3.16. The summed E-state index contributed by atoms with van der Waals surface area (Å²) in [7, 11) is 0. The molecule has 0 aliphatic rings. The van der Waals surface area contributed by atoms with E-state index in [1.165, 1.54) is 0 Å². The maximum absolute atomic E-state index is 12.2. The molecule has 1 aromatic heterocycles. The highest BCUT2D eigenvalue weighted by atomic mass is 79.9. The molecule has 0 unspecified atom stereocenters. The first kappa shape index (κ1) is 14.9. The molecule has 1 aromatic carbocycles. The van der Waals surface area contributed by atoms with Gasteiger partial charge in [0.1, 0.15) is 0 Å². The number of nitrogens with one attached hydrogen (secondary N) is 1. The first-order valence-electron chi connectivity index (χ1n) is 6.63. The van der Waals surface area contributed by atoms with Crippen LogP contribution in [0.4, 0.5) is 5.69 Å². The predicted molar refractivity (Wildman–Crippen MR) is 85.5 cm³/mol. The van der Waals surface area contributed by atoms with Gasteiger partial charge in [-0.3, -0.25) is 9.78 Å². The number of rotatable bonds is 4. The van der Waals surface area contributed by atoms with Gasteiger partial charge in [0.05, 0.1) is 17.2 Å². The summed E-state index contributed by atoms with van der Waals surface area (Å²) in [5.74, 6) is -0.0244. The molecule has 0 bridgehead atoms. The fourth-order valence-electron chi connectivity index (χ4n) is 1.96. The van der Waals surface area contributed by atoms with Crippen molar-refractivity contribution in [2.75, 3.05) is 5.32 Å². The molecule has 2 aromatic rings. The van der Waals surface area contributed by atoms with Crippen LogP contribution in [-0.4, -0.2) is 16.9 Å². The molecule has 5 heteroatoms.